The molecule has 1 N–H and O–H groups in total. The van der Waals surface area contributed by atoms with Gasteiger partial charge in [0.25, 0.3) is 0 Å². The van der Waals surface area contributed by atoms with E-state index in [4.69, 9.17) is 5.26 Å². The molecule has 0 heterocycles. The van der Waals surface area contributed by atoms with Gasteiger partial charge in [0.05, 0.1) is 11.3 Å². The molecule has 0 spiro atoms. The van der Waals surface area contributed by atoms with Crippen molar-refractivity contribution in [2.45, 2.75) is 13.5 Å². The molecule has 4 heteroatoms. The Labute approximate surface area is 120 Å². The largest absolute Gasteiger partial charge is 0.380 e. The highest BCUT2D eigenvalue weighted by atomic mass is 79.9. The molecule has 0 aliphatic carbocycles. The van der Waals surface area contributed by atoms with Crippen LogP contribution in [0.2, 0.25) is 0 Å². The molecule has 96 valence electrons. The lowest BCUT2D eigenvalue weighted by Gasteiger charge is -2.10. The minimum Gasteiger partial charge on any atom is -0.380 e. The Balaban J connectivity index is 2.19. The third-order valence-electron chi connectivity index (χ3n) is 2.77. The van der Waals surface area contributed by atoms with Crippen LogP contribution in [-0.4, -0.2) is 0 Å². The predicted molar refractivity (Wildman–Crippen MR) is 77.3 cm³/mol. The maximum atomic E-state index is 13.6. The third kappa shape index (κ3) is 3.33. The standard InChI is InChI=1S/C15H12BrFN2/c1-10-2-5-15(11(6-10)8-18)19-9-12-7-13(16)3-4-14(12)17/h2-7,19H,9H2,1H3. The summed E-state index contributed by atoms with van der Waals surface area (Å²) in [5, 5.41) is 12.2. The zero-order chi connectivity index (χ0) is 13.8. The van der Waals surface area contributed by atoms with Gasteiger partial charge in [-0.2, -0.15) is 5.26 Å². The summed E-state index contributed by atoms with van der Waals surface area (Å²) in [5.41, 5.74) is 2.86. The van der Waals surface area contributed by atoms with Crippen molar-refractivity contribution >= 4 is 21.6 Å². The van der Waals surface area contributed by atoms with Gasteiger partial charge >= 0.3 is 0 Å². The van der Waals surface area contributed by atoms with Gasteiger partial charge in [-0.05, 0) is 42.8 Å². The molecule has 19 heavy (non-hydrogen) atoms. The van der Waals surface area contributed by atoms with Gasteiger partial charge in [0.2, 0.25) is 0 Å². The van der Waals surface area contributed by atoms with Crippen molar-refractivity contribution in [2.24, 2.45) is 0 Å². The summed E-state index contributed by atoms with van der Waals surface area (Å²) >= 11 is 3.31. The van der Waals surface area contributed by atoms with Crippen molar-refractivity contribution in [3.8, 4) is 6.07 Å². The zero-order valence-corrected chi connectivity index (χ0v) is 12.0. The molecule has 0 unspecified atom stereocenters. The van der Waals surface area contributed by atoms with E-state index < -0.39 is 0 Å². The zero-order valence-electron chi connectivity index (χ0n) is 10.4. The minimum absolute atomic E-state index is 0.263. The highest BCUT2D eigenvalue weighted by Gasteiger charge is 2.05. The molecule has 2 aromatic carbocycles. The van der Waals surface area contributed by atoms with Crippen LogP contribution in [0.15, 0.2) is 40.9 Å². The van der Waals surface area contributed by atoms with Gasteiger partial charge in [-0.3, -0.25) is 0 Å². The van der Waals surface area contributed by atoms with E-state index in [1.807, 2.05) is 19.1 Å². The molecule has 0 atom stereocenters. The molecule has 2 rings (SSSR count). The van der Waals surface area contributed by atoms with E-state index >= 15 is 0 Å². The molecule has 0 radical (unpaired) electrons. The number of aryl methyl sites for hydroxylation is 1. The number of nitrogens with one attached hydrogen (secondary N) is 1. The SMILES string of the molecule is Cc1ccc(NCc2cc(Br)ccc2F)c(C#N)c1. The van der Waals surface area contributed by atoms with Gasteiger partial charge < -0.3 is 5.32 Å². The molecule has 0 fully saturated rings. The Bertz CT molecular complexity index is 647. The van der Waals surface area contributed by atoms with Crippen molar-refractivity contribution in [3.63, 3.8) is 0 Å². The molecular formula is C15H12BrFN2. The first kappa shape index (κ1) is 13.6. The van der Waals surface area contributed by atoms with E-state index in [1.165, 1.54) is 6.07 Å². The van der Waals surface area contributed by atoms with Crippen LogP contribution in [0, 0.1) is 24.1 Å². The van der Waals surface area contributed by atoms with Gasteiger partial charge in [-0.15, -0.1) is 0 Å². The second-order valence-corrected chi connectivity index (χ2v) is 5.17. The first-order chi connectivity index (χ1) is 9.10. The maximum absolute atomic E-state index is 13.6. The number of benzene rings is 2. The average Bonchev–Trinajstić information content (AvgIpc) is 2.40. The van der Waals surface area contributed by atoms with Crippen molar-refractivity contribution in [3.05, 3.63) is 63.4 Å². The van der Waals surface area contributed by atoms with Gasteiger partial charge in [0.15, 0.2) is 0 Å². The number of hydrogen-bond donors (Lipinski definition) is 1. The van der Waals surface area contributed by atoms with E-state index in [-0.39, 0.29) is 5.82 Å². The summed E-state index contributed by atoms with van der Waals surface area (Å²) in [6.45, 7) is 2.27. The van der Waals surface area contributed by atoms with Crippen molar-refractivity contribution in [2.75, 3.05) is 5.32 Å². The lowest BCUT2D eigenvalue weighted by molar-refractivity contribution is 0.612. The van der Waals surface area contributed by atoms with Crippen LogP contribution in [0.4, 0.5) is 10.1 Å². The average molecular weight is 319 g/mol. The molecule has 2 aromatic rings. The van der Waals surface area contributed by atoms with Gasteiger partial charge in [0.1, 0.15) is 11.9 Å². The van der Waals surface area contributed by atoms with Crippen molar-refractivity contribution in [1.29, 1.82) is 5.26 Å². The molecule has 0 aliphatic heterocycles. The third-order valence-corrected chi connectivity index (χ3v) is 3.27. The number of halogens is 2. The Morgan fingerprint density at radius 3 is 2.79 bits per heavy atom. The summed E-state index contributed by atoms with van der Waals surface area (Å²) < 4.78 is 14.4. The highest BCUT2D eigenvalue weighted by molar-refractivity contribution is 9.10. The van der Waals surface area contributed by atoms with E-state index in [1.54, 1.807) is 18.2 Å². The monoisotopic (exact) mass is 318 g/mol. The van der Waals surface area contributed by atoms with Crippen LogP contribution in [0.1, 0.15) is 16.7 Å². The van der Waals surface area contributed by atoms with E-state index in [0.717, 1.165) is 10.0 Å². The Morgan fingerprint density at radius 2 is 2.05 bits per heavy atom. The molecule has 0 bridgehead atoms. The van der Waals surface area contributed by atoms with Crippen LogP contribution in [0.5, 0.6) is 0 Å². The molecule has 2 nitrogen and oxygen atoms in total. The number of nitrogens with zero attached hydrogens (tertiary/aromatic N) is 1. The summed E-state index contributed by atoms with van der Waals surface area (Å²) in [7, 11) is 0. The molecule has 0 saturated heterocycles. The number of rotatable bonds is 3. The normalized spacial score (nSPS) is 10.0. The summed E-state index contributed by atoms with van der Waals surface area (Å²) in [6.07, 6.45) is 0. The quantitative estimate of drug-likeness (QED) is 0.911. The number of nitriles is 1. The van der Waals surface area contributed by atoms with E-state index in [9.17, 15) is 4.39 Å². The first-order valence-electron chi connectivity index (χ1n) is 5.78. The van der Waals surface area contributed by atoms with E-state index in [2.05, 4.69) is 27.3 Å². The van der Waals surface area contributed by atoms with Crippen LogP contribution in [0.25, 0.3) is 0 Å². The van der Waals surface area contributed by atoms with Gasteiger partial charge in [0, 0.05) is 16.6 Å². The fourth-order valence-electron chi connectivity index (χ4n) is 1.77. The van der Waals surface area contributed by atoms with Crippen LogP contribution < -0.4 is 5.32 Å². The molecular weight excluding hydrogens is 307 g/mol. The molecule has 0 amide bonds. The lowest BCUT2D eigenvalue weighted by atomic mass is 10.1. The van der Waals surface area contributed by atoms with E-state index in [0.29, 0.717) is 23.4 Å². The van der Waals surface area contributed by atoms with Crippen LogP contribution >= 0.6 is 15.9 Å². The number of anilines is 1. The predicted octanol–water partition coefficient (Wildman–Crippen LogP) is 4.38. The summed E-state index contributed by atoms with van der Waals surface area (Å²) in [4.78, 5) is 0. The Hall–Kier alpha value is -1.86. The fraction of sp³-hybridized carbons (Fsp3) is 0.133. The second-order valence-electron chi connectivity index (χ2n) is 4.25. The lowest BCUT2D eigenvalue weighted by Crippen LogP contribution is -2.03. The first-order valence-corrected chi connectivity index (χ1v) is 6.58. The number of hydrogen-bond acceptors (Lipinski definition) is 2. The molecule has 0 aromatic heterocycles. The summed E-state index contributed by atoms with van der Waals surface area (Å²) in [6, 6.07) is 12.5. The Kier molecular flexibility index (Phi) is 4.18. The maximum Gasteiger partial charge on any atom is 0.128 e. The molecule has 0 saturated carbocycles. The van der Waals surface area contributed by atoms with Gasteiger partial charge in [-0.25, -0.2) is 4.39 Å². The second kappa shape index (κ2) is 5.85. The van der Waals surface area contributed by atoms with Gasteiger partial charge in [-0.1, -0.05) is 22.0 Å². The van der Waals surface area contributed by atoms with Crippen molar-refractivity contribution < 1.29 is 4.39 Å². The topological polar surface area (TPSA) is 35.8 Å². The minimum atomic E-state index is -0.263. The van der Waals surface area contributed by atoms with Crippen molar-refractivity contribution in [1.82, 2.24) is 0 Å². The molecule has 0 aliphatic rings. The Morgan fingerprint density at radius 1 is 1.26 bits per heavy atom. The smallest absolute Gasteiger partial charge is 0.128 e. The highest BCUT2D eigenvalue weighted by Crippen LogP contribution is 2.20. The fourth-order valence-corrected chi connectivity index (χ4v) is 2.18. The summed E-state index contributed by atoms with van der Waals surface area (Å²) in [5.74, 6) is -0.263. The van der Waals surface area contributed by atoms with Crippen LogP contribution in [0.3, 0.4) is 0 Å². The van der Waals surface area contributed by atoms with Crippen LogP contribution in [-0.2, 0) is 6.54 Å².